The highest BCUT2D eigenvalue weighted by molar-refractivity contribution is 5.90. The van der Waals surface area contributed by atoms with Crippen molar-refractivity contribution in [2.24, 2.45) is 5.73 Å². The van der Waals surface area contributed by atoms with Gasteiger partial charge in [-0.25, -0.2) is 9.97 Å². The molecule has 1 fully saturated rings. The van der Waals surface area contributed by atoms with Crippen LogP contribution in [-0.4, -0.2) is 39.3 Å². The average molecular weight is 350 g/mol. The van der Waals surface area contributed by atoms with Gasteiger partial charge in [0.1, 0.15) is 11.5 Å². The molecule has 1 saturated heterocycles. The van der Waals surface area contributed by atoms with Crippen molar-refractivity contribution in [2.75, 3.05) is 18.0 Å². The molecule has 0 amide bonds. The maximum absolute atomic E-state index is 13.5. The predicted molar refractivity (Wildman–Crippen MR) is 89.0 cm³/mol. The zero-order valence-electron chi connectivity index (χ0n) is 13.1. The van der Waals surface area contributed by atoms with E-state index >= 15 is 0 Å². The lowest BCUT2D eigenvalue weighted by atomic mass is 10.1. The molecule has 9 heteroatoms. The topological polar surface area (TPSA) is 83.7 Å². The number of aromatic amines is 1. The molecular weight excluding hydrogens is 333 g/mol. The molecule has 4 heterocycles. The van der Waals surface area contributed by atoms with Gasteiger partial charge in [-0.2, -0.15) is 18.3 Å². The van der Waals surface area contributed by atoms with Gasteiger partial charge in [0.25, 0.3) is 0 Å². The zero-order valence-corrected chi connectivity index (χ0v) is 13.1. The van der Waals surface area contributed by atoms with Gasteiger partial charge in [0, 0.05) is 32.1 Å². The fourth-order valence-electron chi connectivity index (χ4n) is 3.07. The van der Waals surface area contributed by atoms with E-state index in [4.69, 9.17) is 5.73 Å². The van der Waals surface area contributed by atoms with Crippen LogP contribution in [0.4, 0.5) is 19.0 Å². The molecule has 3 aromatic heterocycles. The van der Waals surface area contributed by atoms with Gasteiger partial charge in [-0.1, -0.05) is 0 Å². The number of alkyl halides is 3. The molecule has 0 aliphatic carbocycles. The van der Waals surface area contributed by atoms with Crippen LogP contribution in [0, 0.1) is 0 Å². The summed E-state index contributed by atoms with van der Waals surface area (Å²) in [6, 6.07) is 5.77. The lowest BCUT2D eigenvalue weighted by Crippen LogP contribution is -2.27. The van der Waals surface area contributed by atoms with Crippen molar-refractivity contribution in [3.8, 4) is 11.4 Å². The van der Waals surface area contributed by atoms with E-state index in [1.165, 1.54) is 12.3 Å². The van der Waals surface area contributed by atoms with Crippen LogP contribution >= 0.6 is 0 Å². The zero-order chi connectivity index (χ0) is 17.6. The van der Waals surface area contributed by atoms with E-state index in [9.17, 15) is 13.2 Å². The highest BCUT2D eigenvalue weighted by Crippen LogP contribution is 2.38. The summed E-state index contributed by atoms with van der Waals surface area (Å²) in [5.41, 5.74) is 5.46. The summed E-state index contributed by atoms with van der Waals surface area (Å²) in [4.78, 5) is 10.2. The molecule has 0 bridgehead atoms. The average Bonchev–Trinajstić information content (AvgIpc) is 3.19. The number of nitrogens with zero attached hydrogens (tertiary/aromatic N) is 4. The van der Waals surface area contributed by atoms with Gasteiger partial charge in [0.2, 0.25) is 0 Å². The summed E-state index contributed by atoms with van der Waals surface area (Å²) in [6.07, 6.45) is -2.20. The number of nitrogens with one attached hydrogen (secondary N) is 1. The molecule has 1 unspecified atom stereocenters. The summed E-state index contributed by atoms with van der Waals surface area (Å²) >= 11 is 0. The van der Waals surface area contributed by atoms with Crippen molar-refractivity contribution >= 4 is 16.9 Å². The number of hydrogen-bond acceptors (Lipinski definition) is 5. The number of H-pyrrole nitrogens is 1. The molecule has 4 rings (SSSR count). The van der Waals surface area contributed by atoms with Crippen molar-refractivity contribution in [3.05, 3.63) is 36.0 Å². The molecule has 25 heavy (non-hydrogen) atoms. The van der Waals surface area contributed by atoms with E-state index in [0.717, 1.165) is 12.5 Å². The third kappa shape index (κ3) is 2.80. The first-order chi connectivity index (χ1) is 11.9. The van der Waals surface area contributed by atoms with Crippen LogP contribution in [0.5, 0.6) is 0 Å². The first-order valence-electron chi connectivity index (χ1n) is 7.82. The molecule has 132 valence electrons. The number of pyridine rings is 2. The number of hydrogen-bond donors (Lipinski definition) is 2. The Balaban J connectivity index is 0.00000196. The number of rotatable bonds is 2. The van der Waals surface area contributed by atoms with Crippen LogP contribution in [-0.2, 0) is 6.18 Å². The molecule has 3 aromatic rings. The number of anilines is 1. The number of nitrogens with two attached hydrogens (primary N) is 1. The first-order valence-corrected chi connectivity index (χ1v) is 7.82. The van der Waals surface area contributed by atoms with Crippen molar-refractivity contribution in [1.29, 1.82) is 0 Å². The molecular formula is C16H17F3N6. The maximum atomic E-state index is 13.5. The Hall–Kier alpha value is -2.68. The highest BCUT2D eigenvalue weighted by Gasteiger charge is 2.36. The Bertz CT molecular complexity index is 926. The molecule has 0 spiro atoms. The quantitative estimate of drug-likeness (QED) is 0.742. The predicted octanol–water partition coefficient (Wildman–Crippen LogP) is 2.82. The Morgan fingerprint density at radius 2 is 2.12 bits per heavy atom. The Kier molecular flexibility index (Phi) is 3.60. The van der Waals surface area contributed by atoms with Crippen molar-refractivity contribution < 1.29 is 14.6 Å². The third-order valence-corrected chi connectivity index (χ3v) is 4.30. The van der Waals surface area contributed by atoms with Crippen LogP contribution in [0.25, 0.3) is 22.4 Å². The Morgan fingerprint density at radius 3 is 2.84 bits per heavy atom. The van der Waals surface area contributed by atoms with Gasteiger partial charge in [-0.05, 0) is 30.7 Å². The normalized spacial score (nSPS) is 18.2. The standard InChI is InChI=1S/C16H15F3N6.H2/c17-16(18,19)11-3-4-12(25-7-5-9(20)8-25)22-14(11)13-10-2-1-6-21-15(10)24-23-13;/h1-4,6,9H,5,7-8,20H2,(H,21,23,24);1H. The molecule has 6 nitrogen and oxygen atoms in total. The van der Waals surface area contributed by atoms with Crippen LogP contribution in [0.15, 0.2) is 30.5 Å². The summed E-state index contributed by atoms with van der Waals surface area (Å²) in [5, 5.41) is 7.13. The molecule has 3 N–H and O–H groups in total. The summed E-state index contributed by atoms with van der Waals surface area (Å²) < 4.78 is 40.5. The Labute approximate surface area is 142 Å². The molecule has 0 saturated carbocycles. The largest absolute Gasteiger partial charge is 0.418 e. The Morgan fingerprint density at radius 1 is 1.28 bits per heavy atom. The van der Waals surface area contributed by atoms with Crippen molar-refractivity contribution in [3.63, 3.8) is 0 Å². The number of fused-ring (bicyclic) bond motifs is 1. The lowest BCUT2D eigenvalue weighted by Gasteiger charge is -2.19. The van der Waals surface area contributed by atoms with Gasteiger partial charge in [0.05, 0.1) is 11.3 Å². The SMILES string of the molecule is NC1CCN(c2ccc(C(F)(F)F)c(-c3[nH]nc4ncccc34)n2)C1.[HH]. The van der Waals surface area contributed by atoms with Crippen LogP contribution in [0.1, 0.15) is 13.4 Å². The van der Waals surface area contributed by atoms with Crippen molar-refractivity contribution in [1.82, 2.24) is 20.2 Å². The van der Waals surface area contributed by atoms with E-state index in [2.05, 4.69) is 20.2 Å². The monoisotopic (exact) mass is 350 g/mol. The number of aromatic nitrogens is 4. The lowest BCUT2D eigenvalue weighted by molar-refractivity contribution is -0.137. The van der Waals surface area contributed by atoms with E-state index < -0.39 is 11.7 Å². The molecule has 0 radical (unpaired) electrons. The second-order valence-electron chi connectivity index (χ2n) is 6.03. The number of halogens is 3. The molecule has 0 aromatic carbocycles. The minimum atomic E-state index is -4.53. The van der Waals surface area contributed by atoms with Gasteiger partial charge in [-0.15, -0.1) is 0 Å². The minimum Gasteiger partial charge on any atom is -0.355 e. The fourth-order valence-corrected chi connectivity index (χ4v) is 3.07. The molecule has 1 aliphatic heterocycles. The molecule has 1 atom stereocenters. The van der Waals surface area contributed by atoms with Gasteiger partial charge in [0.15, 0.2) is 5.65 Å². The molecule has 1 aliphatic rings. The van der Waals surface area contributed by atoms with Gasteiger partial charge in [-0.3, -0.25) is 5.10 Å². The third-order valence-electron chi connectivity index (χ3n) is 4.30. The van der Waals surface area contributed by atoms with Gasteiger partial charge >= 0.3 is 6.18 Å². The summed E-state index contributed by atoms with van der Waals surface area (Å²) in [7, 11) is 0. The van der Waals surface area contributed by atoms with Crippen molar-refractivity contribution in [2.45, 2.75) is 18.6 Å². The van der Waals surface area contributed by atoms with E-state index in [1.807, 2.05) is 4.90 Å². The van der Waals surface area contributed by atoms with Crippen LogP contribution < -0.4 is 10.6 Å². The second kappa shape index (κ2) is 5.69. The minimum absolute atomic E-state index is 0. The first kappa shape index (κ1) is 15.8. The summed E-state index contributed by atoms with van der Waals surface area (Å²) in [6.45, 7) is 1.24. The highest BCUT2D eigenvalue weighted by atomic mass is 19.4. The van der Waals surface area contributed by atoms with E-state index in [0.29, 0.717) is 29.9 Å². The van der Waals surface area contributed by atoms with E-state index in [-0.39, 0.29) is 18.9 Å². The van der Waals surface area contributed by atoms with Crippen LogP contribution in [0.2, 0.25) is 0 Å². The van der Waals surface area contributed by atoms with Gasteiger partial charge < -0.3 is 10.6 Å². The smallest absolute Gasteiger partial charge is 0.355 e. The fraction of sp³-hybridized carbons (Fsp3) is 0.312. The van der Waals surface area contributed by atoms with E-state index in [1.54, 1.807) is 12.1 Å². The van der Waals surface area contributed by atoms with Crippen LogP contribution in [0.3, 0.4) is 0 Å². The second-order valence-corrected chi connectivity index (χ2v) is 6.03. The maximum Gasteiger partial charge on any atom is 0.418 e. The summed E-state index contributed by atoms with van der Waals surface area (Å²) in [5.74, 6) is 0.475.